The number of aromatic nitrogens is 2. The van der Waals surface area contributed by atoms with Crippen LogP contribution in [0.1, 0.15) is 13.3 Å². The van der Waals surface area contributed by atoms with Crippen LogP contribution >= 0.6 is 11.3 Å². The molecule has 0 aliphatic heterocycles. The van der Waals surface area contributed by atoms with E-state index in [0.29, 0.717) is 5.95 Å². The number of anilines is 3. The molecule has 2 N–H and O–H groups in total. The molecule has 2 rings (SSSR count). The first-order chi connectivity index (χ1) is 8.29. The number of thiophene rings is 1. The maximum absolute atomic E-state index is 13.5. The summed E-state index contributed by atoms with van der Waals surface area (Å²) in [5.74, 6) is 0.168. The molecule has 17 heavy (non-hydrogen) atoms. The van der Waals surface area contributed by atoms with Crippen molar-refractivity contribution in [2.24, 2.45) is 0 Å². The minimum atomic E-state index is -0.460. The molecule has 0 saturated carbocycles. The highest BCUT2D eigenvalue weighted by atomic mass is 32.1. The first kappa shape index (κ1) is 11.8. The lowest BCUT2D eigenvalue weighted by atomic mass is 10.4. The molecule has 0 aliphatic carbocycles. The van der Waals surface area contributed by atoms with Gasteiger partial charge >= 0.3 is 0 Å². The van der Waals surface area contributed by atoms with E-state index in [1.165, 1.54) is 17.5 Å². The maximum Gasteiger partial charge on any atom is 0.224 e. The fraction of sp³-hybridized carbons (Fsp3) is 0.273. The molecule has 2 aromatic rings. The van der Waals surface area contributed by atoms with Gasteiger partial charge in [-0.3, -0.25) is 0 Å². The third-order valence-electron chi connectivity index (χ3n) is 2.06. The molecule has 2 aromatic heterocycles. The molecule has 0 aliphatic rings. The SMILES string of the molecule is CCCNc1ncc(F)c(Nc2ccsc2)n1. The van der Waals surface area contributed by atoms with Crippen LogP contribution in [-0.4, -0.2) is 16.5 Å². The van der Waals surface area contributed by atoms with Crippen LogP contribution in [0.25, 0.3) is 0 Å². The van der Waals surface area contributed by atoms with Gasteiger partial charge < -0.3 is 10.6 Å². The molecule has 0 aromatic carbocycles. The van der Waals surface area contributed by atoms with Crippen LogP contribution < -0.4 is 10.6 Å². The molecule has 0 atom stereocenters. The third kappa shape index (κ3) is 3.13. The van der Waals surface area contributed by atoms with Gasteiger partial charge in [-0.05, 0) is 17.9 Å². The Kier molecular flexibility index (Phi) is 3.87. The summed E-state index contributed by atoms with van der Waals surface area (Å²) in [6.45, 7) is 2.81. The zero-order chi connectivity index (χ0) is 12.1. The highest BCUT2D eigenvalue weighted by molar-refractivity contribution is 7.08. The van der Waals surface area contributed by atoms with Crippen molar-refractivity contribution in [3.8, 4) is 0 Å². The summed E-state index contributed by atoms with van der Waals surface area (Å²) in [7, 11) is 0. The van der Waals surface area contributed by atoms with E-state index in [-0.39, 0.29) is 5.82 Å². The molecule has 0 saturated heterocycles. The lowest BCUT2D eigenvalue weighted by Crippen LogP contribution is -2.07. The molecule has 0 spiro atoms. The Hall–Kier alpha value is -1.69. The number of nitrogens with one attached hydrogen (secondary N) is 2. The quantitative estimate of drug-likeness (QED) is 0.857. The topological polar surface area (TPSA) is 49.8 Å². The summed E-state index contributed by atoms with van der Waals surface area (Å²) in [4.78, 5) is 7.95. The van der Waals surface area contributed by atoms with Gasteiger partial charge in [-0.2, -0.15) is 16.3 Å². The smallest absolute Gasteiger partial charge is 0.224 e. The zero-order valence-electron chi connectivity index (χ0n) is 9.40. The molecule has 6 heteroatoms. The number of hydrogen-bond donors (Lipinski definition) is 2. The first-order valence-corrected chi connectivity index (χ1v) is 6.29. The summed E-state index contributed by atoms with van der Waals surface area (Å²) in [6.07, 6.45) is 2.13. The normalized spacial score (nSPS) is 10.2. The van der Waals surface area contributed by atoms with Crippen molar-refractivity contribution in [1.82, 2.24) is 9.97 Å². The molecule has 2 heterocycles. The Morgan fingerprint density at radius 3 is 3.06 bits per heavy atom. The van der Waals surface area contributed by atoms with Crippen LogP contribution in [0, 0.1) is 5.82 Å². The Bertz CT molecular complexity index is 472. The van der Waals surface area contributed by atoms with E-state index < -0.39 is 5.82 Å². The third-order valence-corrected chi connectivity index (χ3v) is 2.74. The van der Waals surface area contributed by atoms with E-state index in [4.69, 9.17) is 0 Å². The lowest BCUT2D eigenvalue weighted by Gasteiger charge is -2.07. The second-order valence-corrected chi connectivity index (χ2v) is 4.23. The van der Waals surface area contributed by atoms with Crippen molar-refractivity contribution < 1.29 is 4.39 Å². The predicted octanol–water partition coefficient (Wildman–Crippen LogP) is 3.24. The van der Waals surface area contributed by atoms with Crippen LogP contribution in [0.4, 0.5) is 21.8 Å². The molecule has 0 amide bonds. The number of halogens is 1. The zero-order valence-corrected chi connectivity index (χ0v) is 10.2. The van der Waals surface area contributed by atoms with Crippen molar-refractivity contribution in [2.75, 3.05) is 17.2 Å². The molecule has 90 valence electrons. The van der Waals surface area contributed by atoms with Crippen molar-refractivity contribution in [3.05, 3.63) is 28.8 Å². The number of hydrogen-bond acceptors (Lipinski definition) is 5. The fourth-order valence-electron chi connectivity index (χ4n) is 1.25. The van der Waals surface area contributed by atoms with Crippen LogP contribution in [0.2, 0.25) is 0 Å². The van der Waals surface area contributed by atoms with E-state index in [9.17, 15) is 4.39 Å². The van der Waals surface area contributed by atoms with Crippen molar-refractivity contribution in [2.45, 2.75) is 13.3 Å². The summed E-state index contributed by atoms with van der Waals surface area (Å²) in [5, 5.41) is 9.73. The van der Waals surface area contributed by atoms with E-state index in [1.807, 2.05) is 23.8 Å². The molecular formula is C11H13FN4S. The first-order valence-electron chi connectivity index (χ1n) is 5.35. The van der Waals surface area contributed by atoms with E-state index in [1.54, 1.807) is 0 Å². The second kappa shape index (κ2) is 5.58. The maximum atomic E-state index is 13.5. The minimum absolute atomic E-state index is 0.192. The predicted molar refractivity (Wildman–Crippen MR) is 68.4 cm³/mol. The monoisotopic (exact) mass is 252 g/mol. The Balaban J connectivity index is 2.14. The second-order valence-electron chi connectivity index (χ2n) is 3.45. The van der Waals surface area contributed by atoms with Crippen molar-refractivity contribution >= 4 is 28.8 Å². The van der Waals surface area contributed by atoms with Crippen LogP contribution in [0.15, 0.2) is 23.0 Å². The van der Waals surface area contributed by atoms with Gasteiger partial charge in [-0.25, -0.2) is 9.37 Å². The van der Waals surface area contributed by atoms with Gasteiger partial charge in [-0.1, -0.05) is 6.92 Å². The Morgan fingerprint density at radius 2 is 2.35 bits per heavy atom. The van der Waals surface area contributed by atoms with Gasteiger partial charge in [0.2, 0.25) is 5.95 Å². The highest BCUT2D eigenvalue weighted by Gasteiger charge is 2.07. The average molecular weight is 252 g/mol. The molecule has 4 nitrogen and oxygen atoms in total. The van der Waals surface area contributed by atoms with Gasteiger partial charge in [0.1, 0.15) is 0 Å². The van der Waals surface area contributed by atoms with Gasteiger partial charge in [0.05, 0.1) is 11.9 Å². The van der Waals surface area contributed by atoms with Gasteiger partial charge in [0, 0.05) is 11.9 Å². The fourth-order valence-corrected chi connectivity index (χ4v) is 1.84. The van der Waals surface area contributed by atoms with Crippen LogP contribution in [-0.2, 0) is 0 Å². The summed E-state index contributed by atoms with van der Waals surface area (Å²) in [5.41, 5.74) is 0.828. The van der Waals surface area contributed by atoms with Gasteiger partial charge in [-0.15, -0.1) is 0 Å². The molecule has 0 fully saturated rings. The largest absolute Gasteiger partial charge is 0.354 e. The molecular weight excluding hydrogens is 239 g/mol. The van der Waals surface area contributed by atoms with Crippen LogP contribution in [0.5, 0.6) is 0 Å². The number of rotatable bonds is 5. The summed E-state index contributed by atoms with van der Waals surface area (Å²) < 4.78 is 13.5. The standard InChI is InChI=1S/C11H13FN4S/c1-2-4-13-11-14-6-9(12)10(16-11)15-8-3-5-17-7-8/h3,5-7H,2,4H2,1H3,(H2,13,14,15,16). The van der Waals surface area contributed by atoms with E-state index in [0.717, 1.165) is 18.7 Å². The molecule has 0 unspecified atom stereocenters. The minimum Gasteiger partial charge on any atom is -0.354 e. The van der Waals surface area contributed by atoms with E-state index in [2.05, 4.69) is 20.6 Å². The van der Waals surface area contributed by atoms with E-state index >= 15 is 0 Å². The average Bonchev–Trinajstić information content (AvgIpc) is 2.83. The Labute approximate surface area is 103 Å². The van der Waals surface area contributed by atoms with Crippen molar-refractivity contribution in [1.29, 1.82) is 0 Å². The van der Waals surface area contributed by atoms with Gasteiger partial charge in [0.25, 0.3) is 0 Å². The number of nitrogens with zero attached hydrogens (tertiary/aromatic N) is 2. The van der Waals surface area contributed by atoms with Crippen molar-refractivity contribution in [3.63, 3.8) is 0 Å². The Morgan fingerprint density at radius 1 is 1.47 bits per heavy atom. The molecule has 0 bridgehead atoms. The summed E-state index contributed by atoms with van der Waals surface area (Å²) in [6, 6.07) is 1.87. The molecule has 0 radical (unpaired) electrons. The lowest BCUT2D eigenvalue weighted by molar-refractivity contribution is 0.619. The van der Waals surface area contributed by atoms with Crippen LogP contribution in [0.3, 0.4) is 0 Å². The highest BCUT2D eigenvalue weighted by Crippen LogP contribution is 2.20. The van der Waals surface area contributed by atoms with Gasteiger partial charge in [0.15, 0.2) is 11.6 Å². The summed E-state index contributed by atoms with van der Waals surface area (Å²) >= 11 is 1.54.